The highest BCUT2D eigenvalue weighted by Crippen LogP contribution is 2.13. The van der Waals surface area contributed by atoms with E-state index in [9.17, 15) is 38.4 Å². The van der Waals surface area contributed by atoms with Gasteiger partial charge in [-0.2, -0.15) is 0 Å². The van der Waals surface area contributed by atoms with Crippen molar-refractivity contribution < 1.29 is 52.7 Å². The molecule has 18 heteroatoms. The summed E-state index contributed by atoms with van der Waals surface area (Å²) in [5, 5.41) is 8.25. The number of nitrogens with zero attached hydrogens (tertiary/aromatic N) is 4. The Bertz CT molecular complexity index is 1060. The highest BCUT2D eigenvalue weighted by Gasteiger charge is 2.32. The molecule has 0 unspecified atom stereocenters. The van der Waals surface area contributed by atoms with Crippen LogP contribution in [-0.2, 0) is 52.7 Å². The summed E-state index contributed by atoms with van der Waals surface area (Å²) in [6.07, 6.45) is 1.48. The molecule has 0 aromatic carbocycles. The van der Waals surface area contributed by atoms with Crippen LogP contribution >= 0.6 is 0 Å². The van der Waals surface area contributed by atoms with E-state index in [2.05, 4.69) is 16.0 Å². The summed E-state index contributed by atoms with van der Waals surface area (Å²) in [5.74, 6) is -3.91. The number of ether oxygens (including phenoxy) is 2. The second-order valence-corrected chi connectivity index (χ2v) is 10.9. The van der Waals surface area contributed by atoms with Gasteiger partial charge in [0.15, 0.2) is 0 Å². The third kappa shape index (κ3) is 13.1. The van der Waals surface area contributed by atoms with E-state index >= 15 is 0 Å². The lowest BCUT2D eigenvalue weighted by molar-refractivity contribution is -0.197. The minimum absolute atomic E-state index is 0.00884. The predicted octanol–water partition coefficient (Wildman–Crippen LogP) is -3.48. The number of rotatable bonds is 17. The number of imide groups is 1. The largest absolute Gasteiger partial charge is 0.378 e. The highest BCUT2D eigenvalue weighted by molar-refractivity contribution is 6.01. The number of hydroxylamine groups is 2. The normalized spacial score (nSPS) is 16.8. The second kappa shape index (κ2) is 19.4. The summed E-state index contributed by atoms with van der Waals surface area (Å²) in [5.41, 5.74) is 0. The minimum atomic E-state index is -0.696. The molecule has 3 aliphatic heterocycles. The molecular formula is C28H43N7O11. The SMILES string of the molecule is O=C(CN(CC(=O)NCC(=O)N1CCOCC1)CC(=O)NCC(=O)N1CCOCC1)NCCCCCC(=O)ON1C(=O)CCC1=O. The van der Waals surface area contributed by atoms with Gasteiger partial charge in [0.05, 0.1) is 59.2 Å². The summed E-state index contributed by atoms with van der Waals surface area (Å²) >= 11 is 0. The molecule has 0 aromatic heterocycles. The van der Waals surface area contributed by atoms with Crippen LogP contribution in [0.15, 0.2) is 0 Å². The molecule has 0 aliphatic carbocycles. The molecule has 0 bridgehead atoms. The molecule has 3 N–H and O–H groups in total. The van der Waals surface area contributed by atoms with Crippen molar-refractivity contribution in [3.8, 4) is 0 Å². The van der Waals surface area contributed by atoms with Crippen molar-refractivity contribution in [3.05, 3.63) is 0 Å². The maximum atomic E-state index is 12.7. The van der Waals surface area contributed by atoms with Crippen molar-refractivity contribution in [2.45, 2.75) is 38.5 Å². The standard InChI is InChI=1S/C28H43N7O11/c36-21(29-7-3-1-2-4-28(43)46-35-24(39)5-6-25(35)40)18-32(19-22(37)30-16-26(41)33-8-12-44-13-9-33)20-23(38)31-17-27(42)34-10-14-45-15-11-34/h1-20H2,(H,29,36)(H,30,37)(H,31,38). The predicted molar refractivity (Wildman–Crippen MR) is 156 cm³/mol. The Labute approximate surface area is 266 Å². The van der Waals surface area contributed by atoms with Gasteiger partial charge in [-0.15, -0.1) is 5.06 Å². The molecule has 7 amide bonds. The number of morpholine rings is 2. The first kappa shape index (κ1) is 36.3. The fourth-order valence-electron chi connectivity index (χ4n) is 4.75. The third-order valence-electron chi connectivity index (χ3n) is 7.28. The number of nitrogens with one attached hydrogen (secondary N) is 3. The third-order valence-corrected chi connectivity index (χ3v) is 7.28. The van der Waals surface area contributed by atoms with E-state index in [0.29, 0.717) is 76.9 Å². The molecule has 3 heterocycles. The van der Waals surface area contributed by atoms with Crippen molar-refractivity contribution in [2.75, 3.05) is 91.9 Å². The van der Waals surface area contributed by atoms with Crippen LogP contribution in [0, 0.1) is 0 Å². The molecule has 3 saturated heterocycles. The van der Waals surface area contributed by atoms with Crippen LogP contribution in [0.1, 0.15) is 38.5 Å². The summed E-state index contributed by atoms with van der Waals surface area (Å²) in [6, 6.07) is 0. The fraction of sp³-hybridized carbons (Fsp3) is 0.714. The topological polar surface area (TPSA) is 213 Å². The van der Waals surface area contributed by atoms with Crippen molar-refractivity contribution >= 4 is 47.3 Å². The van der Waals surface area contributed by atoms with E-state index in [1.165, 1.54) is 4.90 Å². The highest BCUT2D eigenvalue weighted by atomic mass is 16.7. The summed E-state index contributed by atoms with van der Waals surface area (Å²) in [6.45, 7) is 2.15. The van der Waals surface area contributed by atoms with Crippen LogP contribution in [0.3, 0.4) is 0 Å². The van der Waals surface area contributed by atoms with Crippen molar-refractivity contribution in [3.63, 3.8) is 0 Å². The number of carbonyl (C=O) groups excluding carboxylic acids is 8. The van der Waals surface area contributed by atoms with Crippen LogP contribution in [0.25, 0.3) is 0 Å². The van der Waals surface area contributed by atoms with Crippen molar-refractivity contribution in [1.29, 1.82) is 0 Å². The Morgan fingerprint density at radius 3 is 1.59 bits per heavy atom. The molecule has 3 aliphatic rings. The molecule has 3 fully saturated rings. The van der Waals surface area contributed by atoms with E-state index in [1.54, 1.807) is 9.80 Å². The molecule has 0 atom stereocenters. The van der Waals surface area contributed by atoms with Gasteiger partial charge >= 0.3 is 5.97 Å². The monoisotopic (exact) mass is 653 g/mol. The van der Waals surface area contributed by atoms with E-state index in [4.69, 9.17) is 14.3 Å². The lowest BCUT2D eigenvalue weighted by Gasteiger charge is -2.27. The van der Waals surface area contributed by atoms with E-state index in [1.807, 2.05) is 0 Å². The maximum absolute atomic E-state index is 12.7. The summed E-state index contributed by atoms with van der Waals surface area (Å²) in [7, 11) is 0. The summed E-state index contributed by atoms with van der Waals surface area (Å²) < 4.78 is 10.4. The van der Waals surface area contributed by atoms with Gasteiger partial charge in [-0.25, -0.2) is 4.79 Å². The van der Waals surface area contributed by atoms with E-state index in [-0.39, 0.29) is 70.3 Å². The average Bonchev–Trinajstić information content (AvgIpc) is 3.36. The van der Waals surface area contributed by atoms with Gasteiger partial charge in [0, 0.05) is 52.0 Å². The first-order valence-corrected chi connectivity index (χ1v) is 15.4. The molecular weight excluding hydrogens is 610 g/mol. The van der Waals surface area contributed by atoms with Gasteiger partial charge in [0.2, 0.25) is 29.5 Å². The zero-order valence-electron chi connectivity index (χ0n) is 25.9. The maximum Gasteiger partial charge on any atom is 0.333 e. The van der Waals surface area contributed by atoms with Crippen LogP contribution in [-0.4, -0.2) is 159 Å². The molecule has 46 heavy (non-hydrogen) atoms. The van der Waals surface area contributed by atoms with Crippen molar-refractivity contribution in [1.82, 2.24) is 35.7 Å². The van der Waals surface area contributed by atoms with Crippen LogP contribution in [0.4, 0.5) is 0 Å². The van der Waals surface area contributed by atoms with Crippen LogP contribution < -0.4 is 16.0 Å². The molecule has 256 valence electrons. The van der Waals surface area contributed by atoms with Gasteiger partial charge in [-0.1, -0.05) is 6.42 Å². The van der Waals surface area contributed by atoms with Gasteiger partial charge in [0.1, 0.15) is 0 Å². The number of unbranched alkanes of at least 4 members (excludes halogenated alkanes) is 2. The molecule has 0 radical (unpaired) electrons. The zero-order valence-corrected chi connectivity index (χ0v) is 25.9. The average molecular weight is 654 g/mol. The molecule has 0 aromatic rings. The Morgan fingerprint density at radius 1 is 0.652 bits per heavy atom. The minimum Gasteiger partial charge on any atom is -0.378 e. The molecule has 3 rings (SSSR count). The van der Waals surface area contributed by atoms with Gasteiger partial charge in [-0.3, -0.25) is 38.5 Å². The lowest BCUT2D eigenvalue weighted by Crippen LogP contribution is -2.50. The smallest absolute Gasteiger partial charge is 0.333 e. The fourth-order valence-corrected chi connectivity index (χ4v) is 4.75. The van der Waals surface area contributed by atoms with Gasteiger partial charge in [-0.05, 0) is 12.8 Å². The molecule has 18 nitrogen and oxygen atoms in total. The molecule has 0 saturated carbocycles. The molecule has 0 spiro atoms. The second-order valence-electron chi connectivity index (χ2n) is 10.9. The number of carbonyl (C=O) groups is 8. The Balaban J connectivity index is 1.39. The van der Waals surface area contributed by atoms with Gasteiger partial charge < -0.3 is 40.1 Å². The number of amides is 7. The summed E-state index contributed by atoms with van der Waals surface area (Å²) in [4.78, 5) is 107. The van der Waals surface area contributed by atoms with E-state index in [0.717, 1.165) is 0 Å². The van der Waals surface area contributed by atoms with Gasteiger partial charge in [0.25, 0.3) is 11.8 Å². The van der Waals surface area contributed by atoms with Crippen molar-refractivity contribution in [2.24, 2.45) is 0 Å². The van der Waals surface area contributed by atoms with Crippen LogP contribution in [0.5, 0.6) is 0 Å². The first-order valence-electron chi connectivity index (χ1n) is 15.4. The number of hydrogen-bond donors (Lipinski definition) is 3. The lowest BCUT2D eigenvalue weighted by atomic mass is 10.2. The Hall–Kier alpha value is -4.16. The Kier molecular flexibility index (Phi) is 15.3. The van der Waals surface area contributed by atoms with E-state index < -0.39 is 35.5 Å². The Morgan fingerprint density at radius 2 is 1.11 bits per heavy atom. The first-order chi connectivity index (χ1) is 22.1. The zero-order chi connectivity index (χ0) is 33.3. The van der Waals surface area contributed by atoms with Crippen LogP contribution in [0.2, 0.25) is 0 Å². The quantitative estimate of drug-likeness (QED) is 0.103. The number of hydrogen-bond acceptors (Lipinski definition) is 12.